The van der Waals surface area contributed by atoms with E-state index in [9.17, 15) is 43.5 Å². The molecule has 0 spiro atoms. The van der Waals surface area contributed by atoms with Crippen molar-refractivity contribution in [1.82, 2.24) is 5.32 Å². The fourth-order valence-electron chi connectivity index (χ4n) is 7.47. The molecule has 2 aromatic rings. The molecule has 0 bridgehead atoms. The van der Waals surface area contributed by atoms with E-state index in [1.807, 2.05) is 63.2 Å². The molecule has 0 unspecified atom stereocenters. The first kappa shape index (κ1) is 45.3. The quantitative estimate of drug-likeness (QED) is 0.0813. The Morgan fingerprint density at radius 1 is 0.907 bits per heavy atom. The highest BCUT2D eigenvalue weighted by Crippen LogP contribution is 2.49. The molecule has 0 aromatic heterocycles. The molecule has 7 atom stereocenters. The number of benzene rings is 2. The molecule has 13 nitrogen and oxygen atoms in total. The van der Waals surface area contributed by atoms with Crippen LogP contribution in [0.2, 0.25) is 0 Å². The van der Waals surface area contributed by atoms with Gasteiger partial charge in [0, 0.05) is 49.8 Å². The Hall–Kier alpha value is -3.11. The third kappa shape index (κ3) is 11.9. The van der Waals surface area contributed by atoms with Crippen molar-refractivity contribution in [1.29, 1.82) is 0 Å². The molecule has 3 rings (SSSR count). The zero-order valence-electron chi connectivity index (χ0n) is 32.3. The van der Waals surface area contributed by atoms with Crippen LogP contribution in [-0.2, 0) is 19.4 Å². The molecule has 14 heteroatoms. The number of hydrogen-bond donors (Lipinski definition) is 8. The number of aliphatic hydroxyl groups is 6. The van der Waals surface area contributed by atoms with Crippen LogP contribution < -0.4 is 15.5 Å². The molecule has 54 heavy (non-hydrogen) atoms. The van der Waals surface area contributed by atoms with Gasteiger partial charge in [0.1, 0.15) is 18.3 Å². The van der Waals surface area contributed by atoms with E-state index in [-0.39, 0.29) is 23.1 Å². The number of amides is 2. The molecule has 0 saturated heterocycles. The summed E-state index contributed by atoms with van der Waals surface area (Å²) in [6, 6.07) is 12.7. The first-order valence-electron chi connectivity index (χ1n) is 19.3. The fourth-order valence-corrected chi connectivity index (χ4v) is 9.72. The topological polar surface area (TPSA) is 217 Å². The second-order valence-electron chi connectivity index (χ2n) is 15.0. The van der Waals surface area contributed by atoms with Gasteiger partial charge in [-0.1, -0.05) is 70.9 Å². The van der Waals surface area contributed by atoms with Gasteiger partial charge in [-0.3, -0.25) is 9.59 Å². The third-order valence-corrected chi connectivity index (χ3v) is 12.7. The molecule has 1 aliphatic rings. The molecule has 304 valence electrons. The summed E-state index contributed by atoms with van der Waals surface area (Å²) in [6.45, 7) is 3.42. The van der Waals surface area contributed by atoms with Gasteiger partial charge in [-0.15, -0.1) is 0 Å². The number of anilines is 2. The monoisotopic (exact) mass is 777 g/mol. The largest absolute Gasteiger partial charge is 0.394 e. The predicted octanol–water partition coefficient (Wildman–Crippen LogP) is 3.23. The van der Waals surface area contributed by atoms with E-state index in [4.69, 9.17) is 5.11 Å². The van der Waals surface area contributed by atoms with Crippen molar-refractivity contribution in [3.05, 3.63) is 53.6 Å². The zero-order chi connectivity index (χ0) is 40.1. The number of sulfone groups is 1. The van der Waals surface area contributed by atoms with Gasteiger partial charge in [0.15, 0.2) is 15.9 Å². The minimum absolute atomic E-state index is 0.112. The van der Waals surface area contributed by atoms with Gasteiger partial charge in [0.25, 0.3) is 5.91 Å². The number of fused-ring (bicyclic) bond motifs is 1. The summed E-state index contributed by atoms with van der Waals surface area (Å²) in [5, 5.41) is 65.2. The Balaban J connectivity index is 1.49. The lowest BCUT2D eigenvalue weighted by Gasteiger charge is -2.39. The summed E-state index contributed by atoms with van der Waals surface area (Å²) in [5.74, 6) is -1.72. The second-order valence-corrected chi connectivity index (χ2v) is 16.9. The first-order valence-corrected chi connectivity index (χ1v) is 21.0. The number of carbonyl (C=O) groups is 2. The van der Waals surface area contributed by atoms with E-state index in [0.717, 1.165) is 62.6 Å². The molecule has 2 amide bonds. The van der Waals surface area contributed by atoms with E-state index in [0.29, 0.717) is 36.9 Å². The van der Waals surface area contributed by atoms with Gasteiger partial charge in [-0.2, -0.15) is 0 Å². The smallest absolute Gasteiger partial charge is 0.251 e. The lowest BCUT2D eigenvalue weighted by atomic mass is 9.69. The molecule has 0 aliphatic carbocycles. The van der Waals surface area contributed by atoms with Crippen LogP contribution in [0.1, 0.15) is 108 Å². The lowest BCUT2D eigenvalue weighted by Crippen LogP contribution is -2.51. The molecule has 8 N–H and O–H groups in total. The van der Waals surface area contributed by atoms with Crippen LogP contribution >= 0.6 is 0 Å². The Bertz CT molecular complexity index is 1610. The van der Waals surface area contributed by atoms with Crippen LogP contribution in [0.15, 0.2) is 47.4 Å². The van der Waals surface area contributed by atoms with E-state index < -0.39 is 64.2 Å². The van der Waals surface area contributed by atoms with Gasteiger partial charge in [0.05, 0.1) is 23.4 Å². The Morgan fingerprint density at radius 3 is 2.17 bits per heavy atom. The van der Waals surface area contributed by atoms with Gasteiger partial charge in [0.2, 0.25) is 5.91 Å². The van der Waals surface area contributed by atoms with Gasteiger partial charge in [-0.05, 0) is 67.1 Å². The Labute approximate surface area is 320 Å². The molecular formula is C40H63N3O10S. The van der Waals surface area contributed by atoms with Crippen molar-refractivity contribution < 1.29 is 48.6 Å². The highest BCUT2D eigenvalue weighted by Gasteiger charge is 2.49. The summed E-state index contributed by atoms with van der Waals surface area (Å²) in [7, 11) is 0.0904. The minimum atomic E-state index is -3.70. The van der Waals surface area contributed by atoms with Gasteiger partial charge >= 0.3 is 0 Å². The van der Waals surface area contributed by atoms with Crippen LogP contribution in [0.25, 0.3) is 0 Å². The minimum Gasteiger partial charge on any atom is -0.394 e. The van der Waals surface area contributed by atoms with Crippen molar-refractivity contribution in [2.45, 2.75) is 132 Å². The summed E-state index contributed by atoms with van der Waals surface area (Å²) >= 11 is 0. The maximum absolute atomic E-state index is 13.9. The zero-order valence-corrected chi connectivity index (χ0v) is 33.1. The number of carbonyl (C=O) groups excluding carboxylic acids is 2. The van der Waals surface area contributed by atoms with Crippen LogP contribution in [-0.4, -0.2) is 114 Å². The molecule has 1 heterocycles. The van der Waals surface area contributed by atoms with E-state index in [2.05, 4.69) is 10.6 Å². The molecule has 0 radical (unpaired) electrons. The molecule has 1 aliphatic heterocycles. The van der Waals surface area contributed by atoms with E-state index >= 15 is 0 Å². The van der Waals surface area contributed by atoms with Crippen molar-refractivity contribution in [3.63, 3.8) is 0 Å². The number of nitrogens with zero attached hydrogens (tertiary/aromatic N) is 1. The summed E-state index contributed by atoms with van der Waals surface area (Å²) in [6.07, 6.45) is 0.856. The standard InChI is InChI=1S/C40H63N3O10S/c1-5-21-40(6-2)26-54(52,53)32-20-19-29(43(3)4)24-30(32)34(38(40)50)27-16-15-17-28(23-27)42-33(46)18-13-11-9-7-8-10-12-14-22-41-39(51)37(49)36(48)35(47)31(45)25-44/h15-17,19-20,23-24,31,34-38,44-45,47-50H,5-14,18,21-22,25-26H2,1-4H3,(H,41,51)(H,42,46)/t31-,34-,35-,36+,37-,38-,40-/m1/s1. The van der Waals surface area contributed by atoms with Gasteiger partial charge in [-0.25, -0.2) is 8.42 Å². The van der Waals surface area contributed by atoms with Crippen molar-refractivity contribution in [3.8, 4) is 0 Å². The maximum atomic E-state index is 13.9. The fraction of sp³-hybridized carbons (Fsp3) is 0.650. The van der Waals surface area contributed by atoms with Crippen molar-refractivity contribution >= 4 is 33.0 Å². The predicted molar refractivity (Wildman–Crippen MR) is 209 cm³/mol. The average Bonchev–Trinajstić information content (AvgIpc) is 3.21. The molecule has 0 saturated carbocycles. The average molecular weight is 778 g/mol. The van der Waals surface area contributed by atoms with E-state index in [1.165, 1.54) is 0 Å². The van der Waals surface area contributed by atoms with E-state index in [1.54, 1.807) is 12.1 Å². The Kier molecular flexibility index (Phi) is 17.8. The summed E-state index contributed by atoms with van der Waals surface area (Å²) in [5.41, 5.74) is 1.92. The van der Waals surface area contributed by atoms with Crippen LogP contribution in [0, 0.1) is 5.41 Å². The van der Waals surface area contributed by atoms with Crippen LogP contribution in [0.3, 0.4) is 0 Å². The second kappa shape index (κ2) is 21.3. The normalized spacial score (nSPS) is 21.6. The third-order valence-electron chi connectivity index (χ3n) is 10.7. The number of hydrogen-bond acceptors (Lipinski definition) is 11. The summed E-state index contributed by atoms with van der Waals surface area (Å²) in [4.78, 5) is 27.1. The summed E-state index contributed by atoms with van der Waals surface area (Å²) < 4.78 is 27.7. The van der Waals surface area contributed by atoms with Crippen molar-refractivity contribution in [2.24, 2.45) is 5.41 Å². The maximum Gasteiger partial charge on any atom is 0.251 e. The molecule has 0 fully saturated rings. The number of nitrogens with one attached hydrogen (secondary N) is 2. The van der Waals surface area contributed by atoms with Gasteiger partial charge < -0.3 is 46.2 Å². The number of unbranched alkanes of at least 4 members (excludes halogenated alkanes) is 7. The highest BCUT2D eigenvalue weighted by molar-refractivity contribution is 7.91. The van der Waals surface area contributed by atoms with Crippen molar-refractivity contribution in [2.75, 3.05) is 43.2 Å². The van der Waals surface area contributed by atoms with Crippen LogP contribution in [0.5, 0.6) is 0 Å². The highest BCUT2D eigenvalue weighted by atomic mass is 32.2. The SMILES string of the molecule is CCC[C@]1(CC)CS(=O)(=O)c2ccc(N(C)C)cc2[C@@H](c2cccc(NC(=O)CCCCCCCCCCNC(=O)[C@H](O)[C@@H](O)[C@H](O)[C@H](O)CO)c2)[C@H]1O. The van der Waals surface area contributed by atoms with Crippen LogP contribution in [0.4, 0.5) is 11.4 Å². The molecule has 2 aromatic carbocycles. The first-order chi connectivity index (χ1) is 25.6. The lowest BCUT2D eigenvalue weighted by molar-refractivity contribution is -0.148. The molecular weight excluding hydrogens is 715 g/mol. The number of rotatable bonds is 22. The Morgan fingerprint density at radius 2 is 1.56 bits per heavy atom. The number of aliphatic hydroxyl groups excluding tert-OH is 6.